The van der Waals surface area contributed by atoms with E-state index in [2.05, 4.69) is 24.1 Å². The molecule has 6 nitrogen and oxygen atoms in total. The number of nitrogens with zero attached hydrogens (tertiary/aromatic N) is 4. The number of aryl methyl sites for hydroxylation is 2. The molecule has 1 amide bonds. The van der Waals surface area contributed by atoms with Crippen LogP contribution in [0.5, 0.6) is 0 Å². The van der Waals surface area contributed by atoms with Crippen molar-refractivity contribution in [3.63, 3.8) is 0 Å². The number of hydrogen-bond acceptors (Lipinski definition) is 4. The number of carbonyl (C=O) groups excluding carboxylic acids is 1. The summed E-state index contributed by atoms with van der Waals surface area (Å²) >= 11 is 0. The zero-order valence-corrected chi connectivity index (χ0v) is 15.9. The summed E-state index contributed by atoms with van der Waals surface area (Å²) in [5.74, 6) is 1.88. The molecule has 26 heavy (non-hydrogen) atoms. The van der Waals surface area contributed by atoms with Crippen LogP contribution in [0.2, 0.25) is 0 Å². The van der Waals surface area contributed by atoms with Gasteiger partial charge in [0, 0.05) is 43.5 Å². The average molecular weight is 355 g/mol. The highest BCUT2D eigenvalue weighted by atomic mass is 16.1. The van der Waals surface area contributed by atoms with Crippen molar-refractivity contribution in [1.82, 2.24) is 19.9 Å². The molecule has 1 aliphatic carbocycles. The van der Waals surface area contributed by atoms with Crippen LogP contribution in [0, 0.1) is 11.8 Å². The van der Waals surface area contributed by atoms with Crippen LogP contribution in [0.25, 0.3) is 5.52 Å². The van der Waals surface area contributed by atoms with Crippen molar-refractivity contribution in [2.75, 3.05) is 24.5 Å². The molecule has 1 aliphatic heterocycles. The summed E-state index contributed by atoms with van der Waals surface area (Å²) in [6.45, 7) is 6.78. The molecule has 3 heterocycles. The first kappa shape index (κ1) is 17.3. The first-order valence-electron chi connectivity index (χ1n) is 10.0. The largest absolute Gasteiger partial charge is 0.356 e. The number of carbonyl (C=O) groups is 1. The van der Waals surface area contributed by atoms with Crippen molar-refractivity contribution in [2.24, 2.45) is 11.8 Å². The van der Waals surface area contributed by atoms with E-state index in [1.54, 1.807) is 0 Å². The Bertz CT molecular complexity index is 789. The number of rotatable bonds is 4. The molecule has 2 aromatic heterocycles. The van der Waals surface area contributed by atoms with E-state index in [1.807, 2.05) is 16.9 Å². The van der Waals surface area contributed by atoms with Crippen LogP contribution in [0.4, 0.5) is 5.82 Å². The van der Waals surface area contributed by atoms with Crippen LogP contribution in [-0.4, -0.2) is 40.1 Å². The second-order valence-electron chi connectivity index (χ2n) is 8.08. The monoisotopic (exact) mass is 355 g/mol. The van der Waals surface area contributed by atoms with Gasteiger partial charge in [0.25, 0.3) is 0 Å². The third-order valence-corrected chi connectivity index (χ3v) is 5.65. The molecule has 0 saturated carbocycles. The van der Waals surface area contributed by atoms with Crippen molar-refractivity contribution in [1.29, 1.82) is 0 Å². The molecule has 6 heteroatoms. The molecule has 4 rings (SSSR count). The first-order chi connectivity index (χ1) is 12.6. The Hall–Kier alpha value is -2.11. The van der Waals surface area contributed by atoms with Crippen LogP contribution in [0.3, 0.4) is 0 Å². The standard InChI is InChI=1S/C20H29N5O/c1-14(2)13-22-20(26)15-7-10-24(11-8-15)19-18-16-5-3-4-6-17(16)23-25(18)12-9-21-19/h9,12,14-15H,3-8,10-11,13H2,1-2H3,(H,22,26). The van der Waals surface area contributed by atoms with Gasteiger partial charge in [0.15, 0.2) is 5.82 Å². The second kappa shape index (κ2) is 7.25. The van der Waals surface area contributed by atoms with Gasteiger partial charge in [-0.1, -0.05) is 13.8 Å². The summed E-state index contributed by atoms with van der Waals surface area (Å²) in [6.07, 6.45) is 10.2. The smallest absolute Gasteiger partial charge is 0.223 e. The molecule has 0 spiro atoms. The number of hydrogen-bond donors (Lipinski definition) is 1. The highest BCUT2D eigenvalue weighted by Gasteiger charge is 2.28. The minimum atomic E-state index is 0.128. The van der Waals surface area contributed by atoms with Gasteiger partial charge in [0.05, 0.1) is 5.69 Å². The predicted molar refractivity (Wildman–Crippen MR) is 102 cm³/mol. The van der Waals surface area contributed by atoms with Gasteiger partial charge >= 0.3 is 0 Å². The molecule has 2 aromatic rings. The zero-order chi connectivity index (χ0) is 18.1. The van der Waals surface area contributed by atoms with Gasteiger partial charge in [0.2, 0.25) is 5.91 Å². The molecule has 0 radical (unpaired) electrons. The SMILES string of the molecule is CC(C)CNC(=O)C1CCN(c2nccn3nc4c(c23)CCCC4)CC1. The lowest BCUT2D eigenvalue weighted by atomic mass is 9.94. The summed E-state index contributed by atoms with van der Waals surface area (Å²) < 4.78 is 2.01. The Kier molecular flexibility index (Phi) is 4.83. The quantitative estimate of drug-likeness (QED) is 0.916. The number of amides is 1. The number of fused-ring (bicyclic) bond motifs is 3. The third-order valence-electron chi connectivity index (χ3n) is 5.65. The highest BCUT2D eigenvalue weighted by molar-refractivity contribution is 5.79. The van der Waals surface area contributed by atoms with Gasteiger partial charge in [-0.25, -0.2) is 9.50 Å². The van der Waals surface area contributed by atoms with Crippen molar-refractivity contribution >= 4 is 17.2 Å². The molecule has 140 valence electrons. The van der Waals surface area contributed by atoms with Crippen LogP contribution in [-0.2, 0) is 17.6 Å². The van der Waals surface area contributed by atoms with Gasteiger partial charge in [0.1, 0.15) is 5.52 Å². The highest BCUT2D eigenvalue weighted by Crippen LogP contribution is 2.32. The Morgan fingerprint density at radius 2 is 2.04 bits per heavy atom. The molecular formula is C20H29N5O. The maximum atomic E-state index is 12.3. The molecule has 1 N–H and O–H groups in total. The van der Waals surface area contributed by atoms with E-state index < -0.39 is 0 Å². The topological polar surface area (TPSA) is 62.5 Å². The van der Waals surface area contributed by atoms with Crippen LogP contribution >= 0.6 is 0 Å². The lowest BCUT2D eigenvalue weighted by molar-refractivity contribution is -0.125. The lowest BCUT2D eigenvalue weighted by Crippen LogP contribution is -2.41. The summed E-state index contributed by atoms with van der Waals surface area (Å²) in [7, 11) is 0. The number of anilines is 1. The van der Waals surface area contributed by atoms with E-state index in [0.29, 0.717) is 5.92 Å². The Morgan fingerprint density at radius 3 is 2.81 bits per heavy atom. The average Bonchev–Trinajstić information content (AvgIpc) is 3.05. The fourth-order valence-corrected chi connectivity index (χ4v) is 4.18. The molecule has 1 fully saturated rings. The number of nitrogens with one attached hydrogen (secondary N) is 1. The minimum Gasteiger partial charge on any atom is -0.356 e. The van der Waals surface area contributed by atoms with Crippen molar-refractivity contribution in [3.8, 4) is 0 Å². The van der Waals surface area contributed by atoms with E-state index in [-0.39, 0.29) is 11.8 Å². The molecule has 0 aromatic carbocycles. The Balaban J connectivity index is 1.50. The van der Waals surface area contributed by atoms with Gasteiger partial charge in [-0.2, -0.15) is 5.10 Å². The summed E-state index contributed by atoms with van der Waals surface area (Å²) in [5.41, 5.74) is 3.81. The van der Waals surface area contributed by atoms with Gasteiger partial charge in [-0.05, 0) is 44.4 Å². The van der Waals surface area contributed by atoms with E-state index in [0.717, 1.165) is 51.1 Å². The van der Waals surface area contributed by atoms with Gasteiger partial charge < -0.3 is 10.2 Å². The maximum absolute atomic E-state index is 12.3. The summed E-state index contributed by atoms with van der Waals surface area (Å²) in [6, 6.07) is 0. The van der Waals surface area contributed by atoms with Crippen molar-refractivity contribution in [3.05, 3.63) is 23.7 Å². The van der Waals surface area contributed by atoms with Crippen LogP contribution < -0.4 is 10.2 Å². The molecule has 2 aliphatic rings. The molecule has 1 saturated heterocycles. The molecule has 0 unspecified atom stereocenters. The lowest BCUT2D eigenvalue weighted by Gasteiger charge is -2.32. The number of piperidine rings is 1. The summed E-state index contributed by atoms with van der Waals surface area (Å²) in [5, 5.41) is 7.86. The maximum Gasteiger partial charge on any atom is 0.223 e. The molecule has 0 bridgehead atoms. The van der Waals surface area contributed by atoms with Gasteiger partial charge in [-0.15, -0.1) is 0 Å². The summed E-state index contributed by atoms with van der Waals surface area (Å²) in [4.78, 5) is 19.4. The number of aromatic nitrogens is 3. The molecular weight excluding hydrogens is 326 g/mol. The van der Waals surface area contributed by atoms with E-state index in [1.165, 1.54) is 29.6 Å². The van der Waals surface area contributed by atoms with Crippen LogP contribution in [0.15, 0.2) is 12.4 Å². The Morgan fingerprint density at radius 1 is 1.27 bits per heavy atom. The van der Waals surface area contributed by atoms with E-state index >= 15 is 0 Å². The van der Waals surface area contributed by atoms with Crippen molar-refractivity contribution in [2.45, 2.75) is 52.4 Å². The Labute approximate surface area is 155 Å². The van der Waals surface area contributed by atoms with Gasteiger partial charge in [-0.3, -0.25) is 4.79 Å². The van der Waals surface area contributed by atoms with Crippen LogP contribution in [0.1, 0.15) is 50.8 Å². The fraction of sp³-hybridized carbons (Fsp3) is 0.650. The van der Waals surface area contributed by atoms with E-state index in [4.69, 9.17) is 10.1 Å². The molecule has 0 atom stereocenters. The van der Waals surface area contributed by atoms with E-state index in [9.17, 15) is 4.79 Å². The second-order valence-corrected chi connectivity index (χ2v) is 8.08. The third kappa shape index (κ3) is 3.29. The first-order valence-corrected chi connectivity index (χ1v) is 10.0. The minimum absolute atomic E-state index is 0.128. The predicted octanol–water partition coefficient (Wildman–Crippen LogP) is 2.60. The normalized spacial score (nSPS) is 18.3. The zero-order valence-electron chi connectivity index (χ0n) is 15.9. The fourth-order valence-electron chi connectivity index (χ4n) is 4.18. The van der Waals surface area contributed by atoms with Crippen molar-refractivity contribution < 1.29 is 4.79 Å².